The number of hydrogen-bond acceptors (Lipinski definition) is 2. The van der Waals surface area contributed by atoms with E-state index in [1.54, 1.807) is 6.26 Å². The maximum atomic E-state index is 10.4. The van der Waals surface area contributed by atoms with E-state index in [9.17, 15) is 5.11 Å². The summed E-state index contributed by atoms with van der Waals surface area (Å²) < 4.78 is 5.38. The largest absolute Gasteiger partial charge is 0.469 e. The van der Waals surface area contributed by atoms with Gasteiger partial charge in [0.05, 0.1) is 12.4 Å². The molecule has 3 aromatic rings. The molecule has 20 heavy (non-hydrogen) atoms. The lowest BCUT2D eigenvalue weighted by molar-refractivity contribution is 0.176. The number of benzene rings is 2. The zero-order valence-electron chi connectivity index (χ0n) is 11.5. The Bertz CT molecular complexity index is 712. The van der Waals surface area contributed by atoms with Crippen molar-refractivity contribution in [2.45, 2.75) is 25.9 Å². The first-order chi connectivity index (χ1) is 9.78. The molecule has 0 radical (unpaired) electrons. The van der Waals surface area contributed by atoms with Gasteiger partial charge in [0.2, 0.25) is 0 Å². The van der Waals surface area contributed by atoms with E-state index in [2.05, 4.69) is 30.3 Å². The topological polar surface area (TPSA) is 33.4 Å². The van der Waals surface area contributed by atoms with Crippen LogP contribution in [0.4, 0.5) is 0 Å². The normalized spacial score (nSPS) is 12.7. The van der Waals surface area contributed by atoms with E-state index in [0.717, 1.165) is 23.3 Å². The van der Waals surface area contributed by atoms with E-state index in [0.29, 0.717) is 6.42 Å². The van der Waals surface area contributed by atoms with Crippen LogP contribution in [0.25, 0.3) is 10.8 Å². The Kier molecular flexibility index (Phi) is 3.57. The number of rotatable bonds is 4. The zero-order valence-corrected chi connectivity index (χ0v) is 11.5. The Morgan fingerprint density at radius 3 is 2.65 bits per heavy atom. The Hall–Kier alpha value is -2.06. The van der Waals surface area contributed by atoms with Crippen LogP contribution in [0, 0.1) is 0 Å². The summed E-state index contributed by atoms with van der Waals surface area (Å²) in [5.41, 5.74) is 2.04. The number of furan rings is 1. The van der Waals surface area contributed by atoms with Crippen molar-refractivity contribution in [2.75, 3.05) is 0 Å². The number of hydrogen-bond donors (Lipinski definition) is 1. The van der Waals surface area contributed by atoms with Gasteiger partial charge >= 0.3 is 0 Å². The van der Waals surface area contributed by atoms with Crippen molar-refractivity contribution in [1.29, 1.82) is 0 Å². The van der Waals surface area contributed by atoms with Crippen molar-refractivity contribution in [3.63, 3.8) is 0 Å². The van der Waals surface area contributed by atoms with Gasteiger partial charge in [-0.1, -0.05) is 49.4 Å². The Morgan fingerprint density at radius 1 is 1.05 bits per heavy atom. The highest BCUT2D eigenvalue weighted by Crippen LogP contribution is 2.25. The molecule has 0 amide bonds. The van der Waals surface area contributed by atoms with Gasteiger partial charge in [-0.25, -0.2) is 0 Å². The molecular weight excluding hydrogens is 248 g/mol. The Morgan fingerprint density at radius 2 is 1.85 bits per heavy atom. The summed E-state index contributed by atoms with van der Waals surface area (Å²) in [6.45, 7) is 2.03. The van der Waals surface area contributed by atoms with Gasteiger partial charge in [0.15, 0.2) is 0 Å². The lowest BCUT2D eigenvalue weighted by Gasteiger charge is -2.11. The molecule has 102 valence electrons. The molecular formula is C18H18O2. The van der Waals surface area contributed by atoms with Crippen LogP contribution in [0.5, 0.6) is 0 Å². The highest BCUT2D eigenvalue weighted by molar-refractivity contribution is 5.83. The highest BCUT2D eigenvalue weighted by atomic mass is 16.3. The number of fused-ring (bicyclic) bond motifs is 1. The van der Waals surface area contributed by atoms with Gasteiger partial charge in [-0.3, -0.25) is 0 Å². The van der Waals surface area contributed by atoms with Crippen molar-refractivity contribution in [1.82, 2.24) is 0 Å². The van der Waals surface area contributed by atoms with Crippen LogP contribution in [0.3, 0.4) is 0 Å². The van der Waals surface area contributed by atoms with Gasteiger partial charge in [0.1, 0.15) is 5.76 Å². The molecule has 0 saturated heterocycles. The van der Waals surface area contributed by atoms with Gasteiger partial charge in [-0.2, -0.15) is 0 Å². The third-order valence-corrected chi connectivity index (χ3v) is 3.70. The van der Waals surface area contributed by atoms with Crippen molar-refractivity contribution in [2.24, 2.45) is 0 Å². The fourth-order valence-corrected chi connectivity index (χ4v) is 2.63. The molecule has 3 rings (SSSR count). The molecule has 0 aliphatic rings. The summed E-state index contributed by atoms with van der Waals surface area (Å²) in [6.07, 6.45) is 2.55. The van der Waals surface area contributed by atoms with Crippen molar-refractivity contribution in [3.8, 4) is 0 Å². The maximum absolute atomic E-state index is 10.4. The molecule has 0 saturated carbocycles. The second-order valence-electron chi connectivity index (χ2n) is 5.05. The van der Waals surface area contributed by atoms with Crippen molar-refractivity contribution < 1.29 is 9.52 Å². The average molecular weight is 266 g/mol. The first-order valence-electron chi connectivity index (χ1n) is 7.00. The Labute approximate surface area is 118 Å². The second kappa shape index (κ2) is 5.51. The van der Waals surface area contributed by atoms with Gasteiger partial charge in [0, 0.05) is 18.4 Å². The highest BCUT2D eigenvalue weighted by Gasteiger charge is 2.14. The summed E-state index contributed by atoms with van der Waals surface area (Å²) in [7, 11) is 0. The molecule has 1 atom stereocenters. The molecule has 0 spiro atoms. The summed E-state index contributed by atoms with van der Waals surface area (Å²) in [6, 6.07) is 16.5. The first-order valence-corrected chi connectivity index (χ1v) is 7.00. The number of aliphatic hydroxyl groups is 1. The predicted molar refractivity (Wildman–Crippen MR) is 80.7 cm³/mol. The molecule has 1 aromatic heterocycles. The monoisotopic (exact) mass is 266 g/mol. The van der Waals surface area contributed by atoms with Crippen LogP contribution in [0.2, 0.25) is 0 Å². The molecule has 2 aromatic carbocycles. The number of aliphatic hydroxyl groups excluding tert-OH is 1. The SMILES string of the molecule is CCc1occc1C(O)Cc1ccc2ccccc2c1. The molecule has 1 N–H and O–H groups in total. The van der Waals surface area contributed by atoms with Crippen LogP contribution in [-0.2, 0) is 12.8 Å². The fraction of sp³-hybridized carbons (Fsp3) is 0.222. The molecule has 0 aliphatic carbocycles. The standard InChI is InChI=1S/C18H18O2/c1-2-18-16(9-10-20-18)17(19)12-13-7-8-14-5-3-4-6-15(14)11-13/h3-11,17,19H,2,12H2,1H3. The number of aryl methyl sites for hydroxylation is 1. The second-order valence-corrected chi connectivity index (χ2v) is 5.05. The van der Waals surface area contributed by atoms with E-state index in [4.69, 9.17) is 4.42 Å². The summed E-state index contributed by atoms with van der Waals surface area (Å²) in [5.74, 6) is 0.873. The van der Waals surface area contributed by atoms with E-state index in [1.165, 1.54) is 10.8 Å². The third-order valence-electron chi connectivity index (χ3n) is 3.70. The van der Waals surface area contributed by atoms with Gasteiger partial charge in [-0.15, -0.1) is 0 Å². The maximum Gasteiger partial charge on any atom is 0.109 e. The van der Waals surface area contributed by atoms with Crippen LogP contribution >= 0.6 is 0 Å². The minimum absolute atomic E-state index is 0.509. The van der Waals surface area contributed by atoms with Crippen LogP contribution in [0.15, 0.2) is 59.2 Å². The van der Waals surface area contributed by atoms with Crippen LogP contribution < -0.4 is 0 Å². The molecule has 0 fully saturated rings. The van der Waals surface area contributed by atoms with E-state index >= 15 is 0 Å². The van der Waals surface area contributed by atoms with Gasteiger partial charge < -0.3 is 9.52 Å². The molecule has 1 heterocycles. The molecule has 0 bridgehead atoms. The molecule has 2 nitrogen and oxygen atoms in total. The minimum atomic E-state index is -0.509. The van der Waals surface area contributed by atoms with Crippen LogP contribution in [-0.4, -0.2) is 5.11 Å². The Balaban J connectivity index is 1.85. The van der Waals surface area contributed by atoms with E-state index in [1.807, 2.05) is 25.1 Å². The summed E-state index contributed by atoms with van der Waals surface area (Å²) in [4.78, 5) is 0. The van der Waals surface area contributed by atoms with Crippen LogP contribution in [0.1, 0.15) is 29.9 Å². The third kappa shape index (κ3) is 2.47. The van der Waals surface area contributed by atoms with Gasteiger partial charge in [-0.05, 0) is 22.4 Å². The van der Waals surface area contributed by atoms with Crippen molar-refractivity contribution >= 4 is 10.8 Å². The smallest absolute Gasteiger partial charge is 0.109 e. The average Bonchev–Trinajstić information content (AvgIpc) is 2.95. The molecule has 1 unspecified atom stereocenters. The lowest BCUT2D eigenvalue weighted by Crippen LogP contribution is -2.03. The quantitative estimate of drug-likeness (QED) is 0.765. The zero-order chi connectivity index (χ0) is 13.9. The molecule has 2 heteroatoms. The van der Waals surface area contributed by atoms with E-state index < -0.39 is 6.10 Å². The van der Waals surface area contributed by atoms with Crippen molar-refractivity contribution in [3.05, 3.63) is 71.7 Å². The fourth-order valence-electron chi connectivity index (χ4n) is 2.63. The summed E-state index contributed by atoms with van der Waals surface area (Å²) >= 11 is 0. The summed E-state index contributed by atoms with van der Waals surface area (Å²) in [5, 5.41) is 12.8. The minimum Gasteiger partial charge on any atom is -0.469 e. The lowest BCUT2D eigenvalue weighted by atomic mass is 9.99. The van der Waals surface area contributed by atoms with Gasteiger partial charge in [0.25, 0.3) is 0 Å². The molecule has 0 aliphatic heterocycles. The van der Waals surface area contributed by atoms with E-state index in [-0.39, 0.29) is 0 Å². The predicted octanol–water partition coefficient (Wildman–Crippen LogP) is 4.27. The first kappa shape index (κ1) is 12.9.